The van der Waals surface area contributed by atoms with Gasteiger partial charge in [0.15, 0.2) is 0 Å². The van der Waals surface area contributed by atoms with Gasteiger partial charge in [-0.15, -0.1) is 0 Å². The molecule has 3 nitrogen and oxygen atoms in total. The van der Waals surface area contributed by atoms with E-state index < -0.39 is 6.10 Å². The minimum Gasteiger partial charge on any atom is -0.388 e. The van der Waals surface area contributed by atoms with Crippen molar-refractivity contribution in [3.8, 4) is 5.69 Å². The summed E-state index contributed by atoms with van der Waals surface area (Å²) < 4.78 is 1.77. The van der Waals surface area contributed by atoms with Crippen molar-refractivity contribution in [3.63, 3.8) is 0 Å². The molecule has 0 saturated carbocycles. The molecular weight excluding hydrogens is 224 g/mol. The average molecular weight is 242 g/mol. The van der Waals surface area contributed by atoms with Crippen LogP contribution in [0.3, 0.4) is 0 Å². The molecule has 2 aromatic rings. The summed E-state index contributed by atoms with van der Waals surface area (Å²) in [5.41, 5.74) is 2.87. The van der Waals surface area contributed by atoms with Gasteiger partial charge in [0.1, 0.15) is 0 Å². The van der Waals surface area contributed by atoms with Gasteiger partial charge in [0, 0.05) is 11.8 Å². The van der Waals surface area contributed by atoms with Crippen LogP contribution in [0.1, 0.15) is 31.4 Å². The molecule has 0 bridgehead atoms. The summed E-state index contributed by atoms with van der Waals surface area (Å²) in [6, 6.07) is 9.86. The van der Waals surface area contributed by atoms with Gasteiger partial charge < -0.3 is 5.11 Å². The van der Waals surface area contributed by atoms with Crippen LogP contribution >= 0.6 is 0 Å². The van der Waals surface area contributed by atoms with Crippen molar-refractivity contribution < 1.29 is 5.11 Å². The standard InChI is InChI=1S/C15H18N2O/c1-3-12(2)9-15(18)13-10-16-17(11-13)14-7-5-4-6-8-14/h4-8,10-11,15,18H,2-3,9H2,1H3. The lowest BCUT2D eigenvalue weighted by molar-refractivity contribution is 0.177. The lowest BCUT2D eigenvalue weighted by Crippen LogP contribution is -1.97. The van der Waals surface area contributed by atoms with E-state index in [1.165, 1.54) is 0 Å². The Labute approximate surface area is 107 Å². The van der Waals surface area contributed by atoms with E-state index in [4.69, 9.17) is 0 Å². The number of benzene rings is 1. The third kappa shape index (κ3) is 2.87. The summed E-state index contributed by atoms with van der Waals surface area (Å²) in [4.78, 5) is 0. The Kier molecular flexibility index (Phi) is 3.95. The number of hydrogen-bond acceptors (Lipinski definition) is 2. The van der Waals surface area contributed by atoms with E-state index in [0.29, 0.717) is 6.42 Å². The molecule has 0 spiro atoms. The molecule has 0 saturated heterocycles. The fourth-order valence-corrected chi connectivity index (χ4v) is 1.77. The number of hydrogen-bond donors (Lipinski definition) is 1. The van der Waals surface area contributed by atoms with Gasteiger partial charge in [-0.2, -0.15) is 5.10 Å². The van der Waals surface area contributed by atoms with Crippen LogP contribution in [-0.4, -0.2) is 14.9 Å². The van der Waals surface area contributed by atoms with Crippen molar-refractivity contribution in [1.82, 2.24) is 9.78 Å². The quantitative estimate of drug-likeness (QED) is 0.817. The van der Waals surface area contributed by atoms with Gasteiger partial charge in [-0.05, 0) is 25.0 Å². The van der Waals surface area contributed by atoms with Crippen LogP contribution in [0.2, 0.25) is 0 Å². The Morgan fingerprint density at radius 1 is 1.39 bits per heavy atom. The lowest BCUT2D eigenvalue weighted by Gasteiger charge is -2.08. The van der Waals surface area contributed by atoms with Crippen molar-refractivity contribution in [2.24, 2.45) is 0 Å². The van der Waals surface area contributed by atoms with Gasteiger partial charge in [0.25, 0.3) is 0 Å². The number of aliphatic hydroxyl groups excluding tert-OH is 1. The molecule has 2 rings (SSSR count). The van der Waals surface area contributed by atoms with Crippen LogP contribution in [0.4, 0.5) is 0 Å². The summed E-state index contributed by atoms with van der Waals surface area (Å²) >= 11 is 0. The summed E-state index contributed by atoms with van der Waals surface area (Å²) in [5, 5.41) is 14.3. The highest BCUT2D eigenvalue weighted by atomic mass is 16.3. The van der Waals surface area contributed by atoms with Crippen molar-refractivity contribution in [1.29, 1.82) is 0 Å². The molecule has 0 radical (unpaired) electrons. The van der Waals surface area contributed by atoms with E-state index in [1.807, 2.05) is 43.5 Å². The Balaban J connectivity index is 2.13. The molecule has 1 atom stereocenters. The fraction of sp³-hybridized carbons (Fsp3) is 0.267. The highest BCUT2D eigenvalue weighted by molar-refractivity contribution is 5.31. The van der Waals surface area contributed by atoms with E-state index in [-0.39, 0.29) is 0 Å². The fourth-order valence-electron chi connectivity index (χ4n) is 1.77. The van der Waals surface area contributed by atoms with Gasteiger partial charge in [0.2, 0.25) is 0 Å². The molecule has 1 aromatic heterocycles. The Morgan fingerprint density at radius 2 is 2.11 bits per heavy atom. The molecule has 3 heteroatoms. The second-order valence-corrected chi connectivity index (χ2v) is 4.38. The molecule has 94 valence electrons. The molecule has 1 unspecified atom stereocenters. The van der Waals surface area contributed by atoms with Crippen LogP contribution in [0, 0.1) is 0 Å². The zero-order valence-corrected chi connectivity index (χ0v) is 10.6. The second-order valence-electron chi connectivity index (χ2n) is 4.38. The summed E-state index contributed by atoms with van der Waals surface area (Å²) in [5.74, 6) is 0. The number of rotatable bonds is 5. The number of nitrogens with zero attached hydrogens (tertiary/aromatic N) is 2. The first kappa shape index (κ1) is 12.6. The first-order chi connectivity index (χ1) is 8.70. The average Bonchev–Trinajstić information content (AvgIpc) is 2.89. The molecule has 0 amide bonds. The summed E-state index contributed by atoms with van der Waals surface area (Å²) in [6.07, 6.45) is 4.54. The van der Waals surface area contributed by atoms with Crippen molar-refractivity contribution in [2.75, 3.05) is 0 Å². The molecular formula is C15H18N2O. The van der Waals surface area contributed by atoms with Crippen LogP contribution in [0.5, 0.6) is 0 Å². The van der Waals surface area contributed by atoms with E-state index >= 15 is 0 Å². The van der Waals surface area contributed by atoms with Gasteiger partial charge in [-0.3, -0.25) is 0 Å². The number of aromatic nitrogens is 2. The topological polar surface area (TPSA) is 38.1 Å². The van der Waals surface area contributed by atoms with E-state index in [2.05, 4.69) is 11.7 Å². The van der Waals surface area contributed by atoms with Gasteiger partial charge in [0.05, 0.1) is 18.0 Å². The molecule has 1 heterocycles. The van der Waals surface area contributed by atoms with Crippen molar-refractivity contribution >= 4 is 0 Å². The maximum atomic E-state index is 10.1. The Morgan fingerprint density at radius 3 is 2.78 bits per heavy atom. The van der Waals surface area contributed by atoms with E-state index in [9.17, 15) is 5.11 Å². The largest absolute Gasteiger partial charge is 0.388 e. The summed E-state index contributed by atoms with van der Waals surface area (Å²) in [7, 11) is 0. The van der Waals surface area contributed by atoms with Crippen LogP contribution in [0.25, 0.3) is 5.69 Å². The molecule has 0 aliphatic carbocycles. The zero-order valence-electron chi connectivity index (χ0n) is 10.6. The van der Waals surface area contributed by atoms with Gasteiger partial charge >= 0.3 is 0 Å². The lowest BCUT2D eigenvalue weighted by atomic mass is 10.0. The molecule has 0 aliphatic heterocycles. The third-order valence-electron chi connectivity index (χ3n) is 2.99. The third-order valence-corrected chi connectivity index (χ3v) is 2.99. The van der Waals surface area contributed by atoms with Gasteiger partial charge in [-0.25, -0.2) is 4.68 Å². The molecule has 0 fully saturated rings. The zero-order chi connectivity index (χ0) is 13.0. The van der Waals surface area contributed by atoms with Crippen LogP contribution in [-0.2, 0) is 0 Å². The normalized spacial score (nSPS) is 12.3. The van der Waals surface area contributed by atoms with Gasteiger partial charge in [-0.1, -0.05) is 37.3 Å². The SMILES string of the molecule is C=C(CC)CC(O)c1cnn(-c2ccccc2)c1. The number of para-hydroxylation sites is 1. The van der Waals surface area contributed by atoms with E-state index in [0.717, 1.165) is 23.2 Å². The maximum Gasteiger partial charge on any atom is 0.0857 e. The van der Waals surface area contributed by atoms with Crippen LogP contribution < -0.4 is 0 Å². The first-order valence-electron chi connectivity index (χ1n) is 6.15. The van der Waals surface area contributed by atoms with Crippen molar-refractivity contribution in [3.05, 3.63) is 60.4 Å². The Bertz CT molecular complexity index is 516. The first-order valence-corrected chi connectivity index (χ1v) is 6.15. The monoisotopic (exact) mass is 242 g/mol. The summed E-state index contributed by atoms with van der Waals surface area (Å²) in [6.45, 7) is 5.96. The molecule has 1 N–H and O–H groups in total. The molecule has 0 aliphatic rings. The predicted molar refractivity (Wildman–Crippen MR) is 72.6 cm³/mol. The van der Waals surface area contributed by atoms with Crippen LogP contribution in [0.15, 0.2) is 54.9 Å². The van der Waals surface area contributed by atoms with E-state index in [1.54, 1.807) is 10.9 Å². The van der Waals surface area contributed by atoms with Crippen molar-refractivity contribution in [2.45, 2.75) is 25.9 Å². The smallest absolute Gasteiger partial charge is 0.0857 e. The predicted octanol–water partition coefficient (Wildman–Crippen LogP) is 3.26. The molecule has 18 heavy (non-hydrogen) atoms. The number of aliphatic hydroxyl groups is 1. The second kappa shape index (κ2) is 5.65. The minimum absolute atomic E-state index is 0.519. The maximum absolute atomic E-state index is 10.1. The highest BCUT2D eigenvalue weighted by Crippen LogP contribution is 2.21. The highest BCUT2D eigenvalue weighted by Gasteiger charge is 2.11. The minimum atomic E-state index is -0.519. The Hall–Kier alpha value is -1.87. The molecule has 1 aromatic carbocycles.